The van der Waals surface area contributed by atoms with Crippen molar-refractivity contribution in [3.63, 3.8) is 0 Å². The Labute approximate surface area is 135 Å². The Balaban J connectivity index is 2.04. The summed E-state index contributed by atoms with van der Waals surface area (Å²) in [7, 11) is 0. The summed E-state index contributed by atoms with van der Waals surface area (Å²) in [6, 6.07) is 1.94. The zero-order valence-electron chi connectivity index (χ0n) is 13.4. The minimum absolute atomic E-state index is 0.260. The highest BCUT2D eigenvalue weighted by atomic mass is 16.3. The first-order chi connectivity index (χ1) is 10.8. The van der Waals surface area contributed by atoms with Crippen molar-refractivity contribution in [1.29, 1.82) is 0 Å². The highest BCUT2D eigenvalue weighted by Gasteiger charge is 2.19. The number of hydrogen-bond donors (Lipinski definition) is 2. The molecule has 2 aromatic rings. The van der Waals surface area contributed by atoms with E-state index < -0.39 is 5.60 Å². The summed E-state index contributed by atoms with van der Waals surface area (Å²) in [5.41, 5.74) is 10.3. The van der Waals surface area contributed by atoms with Gasteiger partial charge in [-0.3, -0.25) is 0 Å². The first-order valence-corrected chi connectivity index (χ1v) is 7.38. The van der Waals surface area contributed by atoms with E-state index in [2.05, 4.69) is 32.9 Å². The van der Waals surface area contributed by atoms with Gasteiger partial charge in [-0.15, -0.1) is 0 Å². The van der Waals surface area contributed by atoms with Crippen molar-refractivity contribution in [2.45, 2.75) is 32.8 Å². The Hall–Kier alpha value is -2.71. The minimum atomic E-state index is -1.04. The zero-order chi connectivity index (χ0) is 16.6. The summed E-state index contributed by atoms with van der Waals surface area (Å²) in [5, 5.41) is 9.73. The van der Waals surface area contributed by atoms with Crippen LogP contribution in [-0.2, 0) is 6.42 Å². The number of nitrogen functional groups attached to an aromatic ring is 1. The molecule has 0 aliphatic heterocycles. The molecule has 0 bridgehead atoms. The van der Waals surface area contributed by atoms with Crippen LogP contribution in [0.4, 0.5) is 5.95 Å². The van der Waals surface area contributed by atoms with Crippen LogP contribution in [0, 0.1) is 18.8 Å². The maximum Gasteiger partial charge on any atom is 0.220 e. The molecule has 0 atom stereocenters. The van der Waals surface area contributed by atoms with Crippen molar-refractivity contribution in [3.8, 4) is 11.8 Å². The Bertz CT molecular complexity index is 867. The normalized spacial score (nSPS) is 13.1. The largest absolute Gasteiger partial charge is 0.378 e. The number of nitrogens with two attached hydrogens (primary N) is 1. The fraction of sp³-hybridized carbons (Fsp3) is 0.278. The van der Waals surface area contributed by atoms with Crippen LogP contribution in [0.5, 0.6) is 0 Å². The topological polar surface area (TPSA) is 84.9 Å². The van der Waals surface area contributed by atoms with E-state index in [0.717, 1.165) is 34.4 Å². The lowest BCUT2D eigenvalue weighted by Crippen LogP contribution is -2.14. The molecule has 1 aliphatic rings. The third kappa shape index (κ3) is 3.22. The number of anilines is 1. The molecule has 2 aromatic heterocycles. The van der Waals surface area contributed by atoms with Gasteiger partial charge in [0.15, 0.2) is 0 Å². The molecule has 0 amide bonds. The number of rotatable bonds is 1. The fourth-order valence-corrected chi connectivity index (χ4v) is 2.46. The summed E-state index contributed by atoms with van der Waals surface area (Å²) >= 11 is 0. The molecule has 116 valence electrons. The molecule has 1 aliphatic carbocycles. The number of allylic oxidation sites excluding steroid dienone is 1. The standard InChI is InChI=1S/C18H18N4O/c1-11-9-21-17(19)22-16(11)14-5-4-12-10-20-13(8-15(12)14)6-7-18(2,3)23/h5,8-10,23H,4H2,1-3H3,(H2,19,21,22). The van der Waals surface area contributed by atoms with E-state index in [1.54, 1.807) is 20.0 Å². The number of aryl methyl sites for hydroxylation is 1. The van der Waals surface area contributed by atoms with Crippen molar-refractivity contribution in [3.05, 3.63) is 52.6 Å². The Morgan fingerprint density at radius 1 is 1.26 bits per heavy atom. The number of aliphatic hydroxyl groups is 1. The second-order valence-corrected chi connectivity index (χ2v) is 6.12. The van der Waals surface area contributed by atoms with Crippen LogP contribution in [0.3, 0.4) is 0 Å². The second-order valence-electron chi connectivity index (χ2n) is 6.12. The third-order valence-electron chi connectivity index (χ3n) is 3.54. The Morgan fingerprint density at radius 3 is 2.78 bits per heavy atom. The lowest BCUT2D eigenvalue weighted by molar-refractivity contribution is 0.143. The smallest absolute Gasteiger partial charge is 0.220 e. The Morgan fingerprint density at radius 2 is 2.04 bits per heavy atom. The lowest BCUT2D eigenvalue weighted by atomic mass is 10.0. The van der Waals surface area contributed by atoms with Crippen LogP contribution >= 0.6 is 0 Å². The number of fused-ring (bicyclic) bond motifs is 1. The number of pyridine rings is 1. The van der Waals surface area contributed by atoms with Crippen LogP contribution in [0.15, 0.2) is 24.5 Å². The molecule has 5 heteroatoms. The first-order valence-electron chi connectivity index (χ1n) is 7.38. The van der Waals surface area contributed by atoms with Gasteiger partial charge in [-0.05, 0) is 55.9 Å². The maximum atomic E-state index is 9.73. The van der Waals surface area contributed by atoms with E-state index in [9.17, 15) is 5.11 Å². The average Bonchev–Trinajstić information content (AvgIpc) is 2.90. The van der Waals surface area contributed by atoms with E-state index in [0.29, 0.717) is 5.69 Å². The van der Waals surface area contributed by atoms with Crippen molar-refractivity contribution < 1.29 is 5.11 Å². The molecule has 2 heterocycles. The summed E-state index contributed by atoms with van der Waals surface area (Å²) in [6.07, 6.45) is 6.48. The summed E-state index contributed by atoms with van der Waals surface area (Å²) < 4.78 is 0. The van der Waals surface area contributed by atoms with Crippen LogP contribution in [0.1, 0.15) is 41.9 Å². The first kappa shape index (κ1) is 15.2. The third-order valence-corrected chi connectivity index (χ3v) is 3.54. The lowest BCUT2D eigenvalue weighted by Gasteiger charge is -2.09. The summed E-state index contributed by atoms with van der Waals surface area (Å²) in [5.74, 6) is 5.96. The number of aromatic nitrogens is 3. The minimum Gasteiger partial charge on any atom is -0.378 e. The number of hydrogen-bond acceptors (Lipinski definition) is 5. The van der Waals surface area contributed by atoms with Crippen molar-refractivity contribution in [1.82, 2.24) is 15.0 Å². The van der Waals surface area contributed by atoms with Crippen LogP contribution < -0.4 is 5.73 Å². The molecular formula is C18H18N4O. The maximum absolute atomic E-state index is 9.73. The Kier molecular flexibility index (Phi) is 3.63. The number of nitrogens with zero attached hydrogens (tertiary/aromatic N) is 3. The van der Waals surface area contributed by atoms with Gasteiger partial charge in [0, 0.05) is 18.0 Å². The summed E-state index contributed by atoms with van der Waals surface area (Å²) in [4.78, 5) is 12.7. The molecule has 0 spiro atoms. The molecule has 23 heavy (non-hydrogen) atoms. The van der Waals surface area contributed by atoms with E-state index >= 15 is 0 Å². The molecule has 5 nitrogen and oxygen atoms in total. The van der Waals surface area contributed by atoms with E-state index in [1.807, 2.05) is 19.2 Å². The highest BCUT2D eigenvalue weighted by molar-refractivity contribution is 5.84. The predicted molar refractivity (Wildman–Crippen MR) is 89.4 cm³/mol. The molecule has 0 fully saturated rings. The highest BCUT2D eigenvalue weighted by Crippen LogP contribution is 2.33. The average molecular weight is 306 g/mol. The SMILES string of the molecule is Cc1cnc(N)nc1C1=CCc2cnc(C#CC(C)(C)O)cc21. The van der Waals surface area contributed by atoms with Crippen molar-refractivity contribution >= 4 is 11.5 Å². The van der Waals surface area contributed by atoms with E-state index in [1.165, 1.54) is 0 Å². The monoisotopic (exact) mass is 306 g/mol. The molecule has 0 saturated carbocycles. The van der Waals surface area contributed by atoms with Crippen LogP contribution in [0.25, 0.3) is 5.57 Å². The van der Waals surface area contributed by atoms with Gasteiger partial charge in [-0.2, -0.15) is 0 Å². The molecule has 0 radical (unpaired) electrons. The van der Waals surface area contributed by atoms with Crippen LogP contribution in [0.2, 0.25) is 0 Å². The van der Waals surface area contributed by atoms with E-state index in [-0.39, 0.29) is 5.95 Å². The van der Waals surface area contributed by atoms with Gasteiger partial charge in [0.2, 0.25) is 5.95 Å². The van der Waals surface area contributed by atoms with Crippen LogP contribution in [-0.4, -0.2) is 25.7 Å². The molecule has 3 N–H and O–H groups in total. The molecular weight excluding hydrogens is 288 g/mol. The molecule has 0 saturated heterocycles. The van der Waals surface area contributed by atoms with Gasteiger partial charge in [0.05, 0.1) is 5.69 Å². The van der Waals surface area contributed by atoms with Crippen molar-refractivity contribution in [2.75, 3.05) is 5.73 Å². The summed E-state index contributed by atoms with van der Waals surface area (Å²) in [6.45, 7) is 5.25. The molecule has 0 aromatic carbocycles. The second kappa shape index (κ2) is 5.49. The molecule has 3 rings (SSSR count). The molecule has 0 unspecified atom stereocenters. The van der Waals surface area contributed by atoms with Gasteiger partial charge in [0.1, 0.15) is 11.3 Å². The van der Waals surface area contributed by atoms with Crippen molar-refractivity contribution in [2.24, 2.45) is 0 Å². The van der Waals surface area contributed by atoms with Gasteiger partial charge in [-0.1, -0.05) is 12.0 Å². The van der Waals surface area contributed by atoms with Gasteiger partial charge in [0.25, 0.3) is 0 Å². The fourth-order valence-electron chi connectivity index (χ4n) is 2.46. The van der Waals surface area contributed by atoms with Gasteiger partial charge >= 0.3 is 0 Å². The van der Waals surface area contributed by atoms with E-state index in [4.69, 9.17) is 5.73 Å². The zero-order valence-corrected chi connectivity index (χ0v) is 13.4. The quantitative estimate of drug-likeness (QED) is 0.786. The van der Waals surface area contributed by atoms with Gasteiger partial charge < -0.3 is 10.8 Å². The van der Waals surface area contributed by atoms with Gasteiger partial charge in [-0.25, -0.2) is 15.0 Å². The predicted octanol–water partition coefficient (Wildman–Crippen LogP) is 1.87.